The molecule has 0 aromatic carbocycles. The first-order valence-electron chi connectivity index (χ1n) is 14.5. The summed E-state index contributed by atoms with van der Waals surface area (Å²) in [5.74, 6) is 0. The van der Waals surface area contributed by atoms with E-state index in [1.54, 1.807) is 20.6 Å². The van der Waals surface area contributed by atoms with Crippen LogP contribution in [-0.2, 0) is 0 Å². The topological polar surface area (TPSA) is 12.9 Å². The molecule has 0 unspecified atom stereocenters. The average molecular weight is 657 g/mol. The molecule has 3 heteroatoms. The van der Waals surface area contributed by atoms with Gasteiger partial charge in [0, 0.05) is 0 Å². The number of rotatable bonds is 20. The van der Waals surface area contributed by atoms with E-state index in [4.69, 9.17) is 4.98 Å². The van der Waals surface area contributed by atoms with Gasteiger partial charge in [-0.05, 0) is 0 Å². The van der Waals surface area contributed by atoms with E-state index in [0.717, 1.165) is 0 Å². The molecule has 0 N–H and O–H groups in total. The molecule has 0 saturated heterocycles. The first-order valence-corrected chi connectivity index (χ1v) is 29.5. The van der Waals surface area contributed by atoms with Gasteiger partial charge in [-0.1, -0.05) is 0 Å². The second kappa shape index (κ2) is 18.1. The third-order valence-corrected chi connectivity index (χ3v) is 38.7. The van der Waals surface area contributed by atoms with Crippen molar-refractivity contribution in [1.29, 1.82) is 0 Å². The summed E-state index contributed by atoms with van der Waals surface area (Å²) in [6.07, 6.45) is 19.2. The molecule has 186 valence electrons. The van der Waals surface area contributed by atoms with E-state index in [1.807, 2.05) is 0 Å². The van der Waals surface area contributed by atoms with Crippen LogP contribution >= 0.6 is 0 Å². The van der Waals surface area contributed by atoms with E-state index in [2.05, 4.69) is 59.9 Å². The van der Waals surface area contributed by atoms with Gasteiger partial charge in [-0.25, -0.2) is 0 Å². The predicted molar refractivity (Wildman–Crippen MR) is 153 cm³/mol. The molecule has 0 fully saturated rings. The summed E-state index contributed by atoms with van der Waals surface area (Å²) in [6, 6.07) is 5.27. The third-order valence-electron chi connectivity index (χ3n) is 7.97. The van der Waals surface area contributed by atoms with Gasteiger partial charge in [0.25, 0.3) is 0 Å². The van der Waals surface area contributed by atoms with Gasteiger partial charge in [0.05, 0.1) is 0 Å². The first kappa shape index (κ1) is 30.8. The molecule has 0 aliphatic heterocycles. The van der Waals surface area contributed by atoms with Crippen molar-refractivity contribution in [2.75, 3.05) is 0 Å². The molecular formula is C29H57NSn2. The molecule has 0 amide bonds. The molecule has 0 bridgehead atoms. The number of hydrogen-bond acceptors (Lipinski definition) is 1. The number of unbranched alkanes of at least 4 members (excludes halogenated alkanes) is 6. The van der Waals surface area contributed by atoms with Crippen molar-refractivity contribution in [3.8, 4) is 0 Å². The summed E-state index contributed by atoms with van der Waals surface area (Å²) in [6.45, 7) is 14.3. The Kier molecular flexibility index (Phi) is 17.4. The minimum absolute atomic E-state index is 1.35. The van der Waals surface area contributed by atoms with Gasteiger partial charge in [-0.15, -0.1) is 0 Å². The zero-order valence-corrected chi connectivity index (χ0v) is 28.6. The molecule has 1 rings (SSSR count). The second-order valence-corrected chi connectivity index (χ2v) is 36.9. The Morgan fingerprint density at radius 2 is 0.844 bits per heavy atom. The van der Waals surface area contributed by atoms with Crippen molar-refractivity contribution >= 4 is 44.0 Å². The Balaban J connectivity index is 3.34. The fraction of sp³-hybridized carbons (Fsp3) is 0.828. The predicted octanol–water partition coefficient (Wildman–Crippen LogP) is 9.19. The summed E-state index contributed by atoms with van der Waals surface area (Å²) in [5, 5.41) is 0. The molecule has 1 heterocycles. The van der Waals surface area contributed by atoms with E-state index in [9.17, 15) is 0 Å². The first-order chi connectivity index (χ1) is 15.6. The van der Waals surface area contributed by atoms with E-state index in [1.165, 1.54) is 90.4 Å². The van der Waals surface area contributed by atoms with Crippen LogP contribution in [0.3, 0.4) is 0 Å². The van der Waals surface area contributed by atoms with Crippen LogP contribution in [0.5, 0.6) is 0 Å². The van der Waals surface area contributed by atoms with Crippen LogP contribution in [0.4, 0.5) is 0 Å². The Morgan fingerprint density at radius 1 is 0.500 bits per heavy atom. The van der Waals surface area contributed by atoms with Crippen molar-refractivity contribution < 1.29 is 0 Å². The van der Waals surface area contributed by atoms with Crippen LogP contribution in [-0.4, -0.2) is 41.7 Å². The zero-order chi connectivity index (χ0) is 23.7. The summed E-state index contributed by atoms with van der Waals surface area (Å²) >= 11 is -4.75. The third kappa shape index (κ3) is 9.78. The van der Waals surface area contributed by atoms with Gasteiger partial charge in [0.15, 0.2) is 0 Å². The van der Waals surface area contributed by atoms with Crippen molar-refractivity contribution in [3.63, 3.8) is 0 Å². The van der Waals surface area contributed by atoms with Crippen molar-refractivity contribution in [3.05, 3.63) is 18.3 Å². The zero-order valence-electron chi connectivity index (χ0n) is 22.9. The summed E-state index contributed by atoms with van der Waals surface area (Å²) in [7, 11) is 0. The normalized spacial score (nSPS) is 12.4. The minimum atomic E-state index is -2.40. The summed E-state index contributed by atoms with van der Waals surface area (Å²) in [5.41, 5.74) is 0. The van der Waals surface area contributed by atoms with E-state index >= 15 is 0 Å². The van der Waals surface area contributed by atoms with Crippen molar-refractivity contribution in [1.82, 2.24) is 4.98 Å². The molecule has 0 spiro atoms. The Morgan fingerprint density at radius 3 is 1.12 bits per heavy atom. The van der Waals surface area contributed by atoms with Crippen LogP contribution < -0.4 is 7.29 Å². The molecule has 0 aliphatic rings. The number of pyridine rings is 1. The molecule has 0 atom stereocenters. The van der Waals surface area contributed by atoms with Gasteiger partial charge in [-0.2, -0.15) is 0 Å². The van der Waals surface area contributed by atoms with Gasteiger partial charge >= 0.3 is 213 Å². The fourth-order valence-corrected chi connectivity index (χ4v) is 36.7. The fourth-order valence-electron chi connectivity index (χ4n) is 5.68. The van der Waals surface area contributed by atoms with E-state index in [0.29, 0.717) is 0 Å². The van der Waals surface area contributed by atoms with Gasteiger partial charge in [0.2, 0.25) is 0 Å². The van der Waals surface area contributed by atoms with Crippen LogP contribution in [0.15, 0.2) is 18.3 Å². The molecule has 0 saturated carbocycles. The number of aromatic nitrogens is 1. The second-order valence-electron chi connectivity index (χ2n) is 10.6. The molecule has 1 aromatic rings. The maximum atomic E-state index is 5.45. The Bertz CT molecular complexity index is 474. The molecule has 0 radical (unpaired) electrons. The number of nitrogens with zero attached hydrogens (tertiary/aromatic N) is 1. The molecule has 1 nitrogen and oxygen atoms in total. The summed E-state index contributed by atoms with van der Waals surface area (Å²) in [4.78, 5) is 5.45. The van der Waals surface area contributed by atoms with Crippen molar-refractivity contribution in [2.24, 2.45) is 0 Å². The van der Waals surface area contributed by atoms with E-state index in [-0.39, 0.29) is 0 Å². The molecule has 0 aliphatic carbocycles. The monoisotopic (exact) mass is 659 g/mol. The SMILES string of the molecule is CCC[CH2][Sn]([CH2]CCC)([CH2]CCC)[c]1cc[c]([Sn]([CH2]CCC)([CH2]CCC)[CH2]CCC)nc1. The average Bonchev–Trinajstić information content (AvgIpc) is 2.84. The Labute approximate surface area is 211 Å². The Hall–Kier alpha value is 0.747. The van der Waals surface area contributed by atoms with Gasteiger partial charge in [0.1, 0.15) is 0 Å². The van der Waals surface area contributed by atoms with Gasteiger partial charge in [-0.3, -0.25) is 0 Å². The molecule has 32 heavy (non-hydrogen) atoms. The van der Waals surface area contributed by atoms with E-state index < -0.39 is 36.8 Å². The standard InChI is InChI=1S/C5H3N.6C4H9.2Sn/c1-2-4-6-5-3-1;6*1-3-4-2;;/h1-2,5H;6*1,3-4H2,2H3;;. The molecule has 1 aromatic heterocycles. The van der Waals surface area contributed by atoms with Crippen molar-refractivity contribution in [2.45, 2.75) is 145 Å². The molecular weight excluding hydrogens is 600 g/mol. The van der Waals surface area contributed by atoms with Crippen LogP contribution in [0, 0.1) is 0 Å². The van der Waals surface area contributed by atoms with Gasteiger partial charge < -0.3 is 0 Å². The van der Waals surface area contributed by atoms with Crippen LogP contribution in [0.25, 0.3) is 0 Å². The number of hydrogen-bond donors (Lipinski definition) is 0. The maximum absolute atomic E-state index is 5.45. The van der Waals surface area contributed by atoms with Crippen LogP contribution in [0.2, 0.25) is 26.6 Å². The quantitative estimate of drug-likeness (QED) is 0.128. The van der Waals surface area contributed by atoms with Crippen LogP contribution in [0.1, 0.15) is 119 Å². The summed E-state index contributed by atoms with van der Waals surface area (Å²) < 4.78 is 12.7.